The largest absolute Gasteiger partial charge is 0.497 e. The minimum atomic E-state index is 0.144. The first-order valence-corrected chi connectivity index (χ1v) is 7.91. The Morgan fingerprint density at radius 1 is 1.22 bits per heavy atom. The lowest BCUT2D eigenvalue weighted by Gasteiger charge is -2.23. The summed E-state index contributed by atoms with van der Waals surface area (Å²) in [7, 11) is 1.69. The van der Waals surface area contributed by atoms with Gasteiger partial charge in [-0.2, -0.15) is 0 Å². The van der Waals surface area contributed by atoms with Crippen LogP contribution in [0, 0.1) is 17.8 Å². The molecule has 1 atom stereocenters. The molecular formula is C15H18BrClO. The van der Waals surface area contributed by atoms with Crippen LogP contribution in [0.1, 0.15) is 36.6 Å². The first-order chi connectivity index (χ1) is 8.70. The Hall–Kier alpha value is -0.210. The van der Waals surface area contributed by atoms with Gasteiger partial charge in [0, 0.05) is 4.47 Å². The molecule has 0 bridgehead atoms. The number of halogens is 2. The Kier molecular flexibility index (Phi) is 3.59. The van der Waals surface area contributed by atoms with Gasteiger partial charge in [0.2, 0.25) is 0 Å². The summed E-state index contributed by atoms with van der Waals surface area (Å²) in [5.74, 6) is 3.29. The molecule has 2 aliphatic carbocycles. The van der Waals surface area contributed by atoms with E-state index in [2.05, 4.69) is 22.0 Å². The third kappa shape index (κ3) is 2.55. The topological polar surface area (TPSA) is 9.23 Å². The van der Waals surface area contributed by atoms with Crippen molar-refractivity contribution in [3.63, 3.8) is 0 Å². The van der Waals surface area contributed by atoms with E-state index in [0.29, 0.717) is 5.92 Å². The molecule has 3 heteroatoms. The predicted molar refractivity (Wildman–Crippen MR) is 78.2 cm³/mol. The van der Waals surface area contributed by atoms with E-state index in [1.54, 1.807) is 7.11 Å². The van der Waals surface area contributed by atoms with Crippen LogP contribution in [-0.4, -0.2) is 7.11 Å². The molecule has 1 nitrogen and oxygen atoms in total. The number of alkyl halides is 1. The molecule has 2 fully saturated rings. The Bertz CT molecular complexity index is 428. The maximum atomic E-state index is 6.77. The maximum Gasteiger partial charge on any atom is 0.120 e. The van der Waals surface area contributed by atoms with Crippen LogP contribution in [0.15, 0.2) is 22.7 Å². The molecule has 0 N–H and O–H groups in total. The van der Waals surface area contributed by atoms with Crippen LogP contribution in [-0.2, 0) is 0 Å². The van der Waals surface area contributed by atoms with Gasteiger partial charge in [-0.05, 0) is 61.1 Å². The van der Waals surface area contributed by atoms with E-state index in [-0.39, 0.29) is 5.38 Å². The van der Waals surface area contributed by atoms with Crippen molar-refractivity contribution in [1.82, 2.24) is 0 Å². The number of hydrogen-bond acceptors (Lipinski definition) is 1. The zero-order valence-electron chi connectivity index (χ0n) is 10.5. The van der Waals surface area contributed by atoms with Crippen LogP contribution < -0.4 is 4.74 Å². The van der Waals surface area contributed by atoms with Gasteiger partial charge in [-0.3, -0.25) is 0 Å². The van der Waals surface area contributed by atoms with Gasteiger partial charge >= 0.3 is 0 Å². The van der Waals surface area contributed by atoms with Crippen LogP contribution in [0.3, 0.4) is 0 Å². The first-order valence-electron chi connectivity index (χ1n) is 6.68. The van der Waals surface area contributed by atoms with E-state index in [9.17, 15) is 0 Å². The molecule has 0 amide bonds. The second-order valence-corrected chi connectivity index (χ2v) is 6.87. The molecule has 0 aliphatic heterocycles. The summed E-state index contributed by atoms with van der Waals surface area (Å²) in [4.78, 5) is 0. The summed E-state index contributed by atoms with van der Waals surface area (Å²) in [5, 5.41) is 0.144. The molecule has 0 spiro atoms. The summed E-state index contributed by atoms with van der Waals surface area (Å²) in [5.41, 5.74) is 1.22. The highest BCUT2D eigenvalue weighted by Crippen LogP contribution is 2.56. The summed E-state index contributed by atoms with van der Waals surface area (Å²) >= 11 is 10.4. The van der Waals surface area contributed by atoms with Crippen molar-refractivity contribution in [1.29, 1.82) is 0 Å². The van der Waals surface area contributed by atoms with Gasteiger partial charge in [0.25, 0.3) is 0 Å². The maximum absolute atomic E-state index is 6.77. The third-order valence-corrected chi connectivity index (χ3v) is 5.39. The fourth-order valence-corrected chi connectivity index (χ4v) is 4.23. The highest BCUT2D eigenvalue weighted by Gasteiger charge is 2.45. The lowest BCUT2D eigenvalue weighted by Crippen LogP contribution is -2.13. The van der Waals surface area contributed by atoms with E-state index in [0.717, 1.165) is 22.1 Å². The van der Waals surface area contributed by atoms with Crippen LogP contribution in [0.25, 0.3) is 0 Å². The molecule has 1 aromatic rings. The van der Waals surface area contributed by atoms with Crippen molar-refractivity contribution in [2.45, 2.75) is 31.1 Å². The second-order valence-electron chi connectivity index (χ2n) is 5.54. The van der Waals surface area contributed by atoms with E-state index < -0.39 is 0 Å². The van der Waals surface area contributed by atoms with Crippen molar-refractivity contribution < 1.29 is 4.74 Å². The molecule has 98 valence electrons. The molecule has 0 radical (unpaired) electrons. The van der Waals surface area contributed by atoms with Crippen LogP contribution in [0.4, 0.5) is 0 Å². The molecule has 2 aliphatic rings. The number of hydrogen-bond donors (Lipinski definition) is 0. The normalized spacial score (nSPS) is 21.1. The van der Waals surface area contributed by atoms with Gasteiger partial charge in [0.15, 0.2) is 0 Å². The van der Waals surface area contributed by atoms with Crippen LogP contribution in [0.2, 0.25) is 0 Å². The monoisotopic (exact) mass is 328 g/mol. The van der Waals surface area contributed by atoms with Crippen molar-refractivity contribution >= 4 is 27.5 Å². The average molecular weight is 330 g/mol. The molecule has 18 heavy (non-hydrogen) atoms. The van der Waals surface area contributed by atoms with Gasteiger partial charge in [0.1, 0.15) is 5.75 Å². The Balaban J connectivity index is 1.83. The number of rotatable bonds is 5. The molecule has 1 aromatic carbocycles. The lowest BCUT2D eigenvalue weighted by atomic mass is 9.89. The van der Waals surface area contributed by atoms with E-state index in [1.165, 1.54) is 31.2 Å². The number of benzene rings is 1. The quantitative estimate of drug-likeness (QED) is 0.677. The first kappa shape index (κ1) is 12.8. The van der Waals surface area contributed by atoms with Gasteiger partial charge in [-0.15, -0.1) is 11.6 Å². The highest BCUT2D eigenvalue weighted by atomic mass is 79.9. The van der Waals surface area contributed by atoms with E-state index >= 15 is 0 Å². The predicted octanol–water partition coefficient (Wildman–Crippen LogP) is 5.17. The van der Waals surface area contributed by atoms with Crippen LogP contribution >= 0.6 is 27.5 Å². The van der Waals surface area contributed by atoms with Crippen molar-refractivity contribution in [2.75, 3.05) is 7.11 Å². The molecule has 0 heterocycles. The smallest absolute Gasteiger partial charge is 0.120 e. The molecular weight excluding hydrogens is 312 g/mol. The second kappa shape index (κ2) is 5.05. The Labute approximate surface area is 122 Å². The van der Waals surface area contributed by atoms with Crippen LogP contribution in [0.5, 0.6) is 5.75 Å². The lowest BCUT2D eigenvalue weighted by molar-refractivity contribution is 0.389. The van der Waals surface area contributed by atoms with Gasteiger partial charge in [0.05, 0.1) is 12.5 Å². The van der Waals surface area contributed by atoms with Crippen molar-refractivity contribution in [2.24, 2.45) is 17.8 Å². The fraction of sp³-hybridized carbons (Fsp3) is 0.600. The molecule has 1 unspecified atom stereocenters. The minimum Gasteiger partial charge on any atom is -0.497 e. The summed E-state index contributed by atoms with van der Waals surface area (Å²) in [6, 6.07) is 6.13. The summed E-state index contributed by atoms with van der Waals surface area (Å²) in [6.07, 6.45) is 5.49. The van der Waals surface area contributed by atoms with Crippen molar-refractivity contribution in [3.8, 4) is 5.75 Å². The highest BCUT2D eigenvalue weighted by molar-refractivity contribution is 9.10. The van der Waals surface area contributed by atoms with Gasteiger partial charge in [-0.1, -0.05) is 22.0 Å². The molecule has 0 aromatic heterocycles. The fourth-order valence-electron chi connectivity index (χ4n) is 2.89. The molecule has 3 rings (SSSR count). The Morgan fingerprint density at radius 2 is 1.83 bits per heavy atom. The SMILES string of the molecule is COc1ccc(C(Cl)C(C2CC2)C2CC2)c(Br)c1. The van der Waals surface area contributed by atoms with Gasteiger partial charge in [-0.25, -0.2) is 0 Å². The zero-order valence-corrected chi connectivity index (χ0v) is 12.9. The number of methoxy groups -OCH3 is 1. The van der Waals surface area contributed by atoms with Crippen molar-refractivity contribution in [3.05, 3.63) is 28.2 Å². The van der Waals surface area contributed by atoms with E-state index in [1.807, 2.05) is 12.1 Å². The van der Waals surface area contributed by atoms with E-state index in [4.69, 9.17) is 16.3 Å². The standard InChI is InChI=1S/C15H18BrClO/c1-18-11-6-7-12(13(16)8-11)15(17)14(9-2-3-9)10-4-5-10/h6-10,14-15H,2-5H2,1H3. The zero-order chi connectivity index (χ0) is 12.7. The minimum absolute atomic E-state index is 0.144. The van der Waals surface area contributed by atoms with Gasteiger partial charge < -0.3 is 4.74 Å². The molecule has 0 saturated heterocycles. The average Bonchev–Trinajstić information content (AvgIpc) is 3.23. The summed E-state index contributed by atoms with van der Waals surface area (Å²) in [6.45, 7) is 0. The number of ether oxygens (including phenoxy) is 1. The summed E-state index contributed by atoms with van der Waals surface area (Å²) < 4.78 is 6.31. The molecule has 2 saturated carbocycles. The Morgan fingerprint density at radius 3 is 2.28 bits per heavy atom. The third-order valence-electron chi connectivity index (χ3n) is 4.18.